The Labute approximate surface area is 133 Å². The summed E-state index contributed by atoms with van der Waals surface area (Å²) in [6, 6.07) is 1.77. The number of nitrogens with one attached hydrogen (secondary N) is 1. The average Bonchev–Trinajstić information content (AvgIpc) is 2.44. The molecule has 0 radical (unpaired) electrons. The summed E-state index contributed by atoms with van der Waals surface area (Å²) in [5.74, 6) is 2.88. The summed E-state index contributed by atoms with van der Waals surface area (Å²) in [6.45, 7) is 0. The van der Waals surface area contributed by atoms with Crippen molar-refractivity contribution in [2.24, 2.45) is 23.7 Å². The molecule has 0 unspecified atom stereocenters. The van der Waals surface area contributed by atoms with Gasteiger partial charge in [-0.2, -0.15) is 0 Å². The van der Waals surface area contributed by atoms with Gasteiger partial charge < -0.3 is 5.32 Å². The van der Waals surface area contributed by atoms with E-state index in [1.165, 1.54) is 38.2 Å². The number of carbonyl (C=O) groups excluding carboxylic acids is 1. The molecule has 4 fully saturated rings. The smallest absolute Gasteiger partial charge is 0.254 e. The Bertz CT molecular complexity index is 564. The molecule has 0 aromatic carbocycles. The van der Waals surface area contributed by atoms with Crippen molar-refractivity contribution in [3.05, 3.63) is 21.9 Å². The molecule has 21 heavy (non-hydrogen) atoms. The molecule has 1 aromatic heterocycles. The van der Waals surface area contributed by atoms with Gasteiger partial charge in [0.05, 0.1) is 5.56 Å². The quantitative estimate of drug-likeness (QED) is 0.907. The number of amides is 1. The Balaban J connectivity index is 1.53. The molecule has 0 spiro atoms. The Kier molecular flexibility index (Phi) is 3.34. The van der Waals surface area contributed by atoms with Gasteiger partial charge in [0, 0.05) is 6.04 Å². The third-order valence-electron chi connectivity index (χ3n) is 5.49. The molecule has 0 aliphatic heterocycles. The molecule has 112 valence electrons. The van der Waals surface area contributed by atoms with E-state index in [1.54, 1.807) is 0 Å². The number of hydrogen-bond donors (Lipinski definition) is 1. The summed E-state index contributed by atoms with van der Waals surface area (Å²) in [5.41, 5.74) is 0.325. The number of hydrogen-bond acceptors (Lipinski definition) is 3. The van der Waals surface area contributed by atoms with Gasteiger partial charge in [-0.25, -0.2) is 0 Å². The molecule has 0 atom stereocenters. The standard InChI is InChI=1S/C15H17Cl2N3O/c16-12-6-11(14(17)20-19-12)15(21)18-13-9-2-7-1-8(4-9)5-10(13)3-7/h6-10,13H,1-5H2,(H,18,21). The maximum Gasteiger partial charge on any atom is 0.254 e. The van der Waals surface area contributed by atoms with Crippen LogP contribution in [0.4, 0.5) is 0 Å². The lowest BCUT2D eigenvalue weighted by atomic mass is 9.54. The van der Waals surface area contributed by atoms with Gasteiger partial charge in [-0.3, -0.25) is 4.79 Å². The first-order chi connectivity index (χ1) is 10.1. The normalized spacial score (nSPS) is 36.8. The van der Waals surface area contributed by atoms with Gasteiger partial charge in [0.1, 0.15) is 0 Å². The lowest BCUT2D eigenvalue weighted by Crippen LogP contribution is -2.55. The second-order valence-corrected chi connectivity index (χ2v) is 7.55. The highest BCUT2D eigenvalue weighted by Gasteiger charge is 2.48. The SMILES string of the molecule is O=C(NC1C2CC3CC(C2)CC1C3)c1cc(Cl)nnc1Cl. The fraction of sp³-hybridized carbons (Fsp3) is 0.667. The van der Waals surface area contributed by atoms with E-state index in [1.807, 2.05) is 0 Å². The molecule has 6 heteroatoms. The topological polar surface area (TPSA) is 54.9 Å². The number of rotatable bonds is 2. The zero-order valence-electron chi connectivity index (χ0n) is 11.6. The van der Waals surface area contributed by atoms with E-state index < -0.39 is 0 Å². The van der Waals surface area contributed by atoms with Crippen LogP contribution in [0.2, 0.25) is 10.3 Å². The zero-order valence-corrected chi connectivity index (χ0v) is 13.1. The lowest BCUT2D eigenvalue weighted by molar-refractivity contribution is -0.0119. The molecule has 4 saturated carbocycles. The first kappa shape index (κ1) is 13.8. The van der Waals surface area contributed by atoms with Crippen molar-refractivity contribution in [1.29, 1.82) is 0 Å². The van der Waals surface area contributed by atoms with Crippen LogP contribution in [0.5, 0.6) is 0 Å². The van der Waals surface area contributed by atoms with Crippen molar-refractivity contribution >= 4 is 29.1 Å². The van der Waals surface area contributed by atoms with Crippen LogP contribution in [0.15, 0.2) is 6.07 Å². The maximum atomic E-state index is 12.5. The van der Waals surface area contributed by atoms with Crippen LogP contribution in [0.1, 0.15) is 42.5 Å². The first-order valence-corrected chi connectivity index (χ1v) is 8.35. The summed E-state index contributed by atoms with van der Waals surface area (Å²) >= 11 is 11.8. The van der Waals surface area contributed by atoms with Gasteiger partial charge in [-0.15, -0.1) is 10.2 Å². The van der Waals surface area contributed by atoms with Crippen LogP contribution < -0.4 is 5.32 Å². The van der Waals surface area contributed by atoms with Gasteiger partial charge in [-0.1, -0.05) is 23.2 Å². The Morgan fingerprint density at radius 2 is 1.67 bits per heavy atom. The van der Waals surface area contributed by atoms with Gasteiger partial charge in [0.25, 0.3) is 5.91 Å². The Hall–Kier alpha value is -0.870. The number of nitrogens with zero attached hydrogens (tertiary/aromatic N) is 2. The lowest BCUT2D eigenvalue weighted by Gasteiger charge is -2.54. The van der Waals surface area contributed by atoms with Crippen LogP contribution in [-0.2, 0) is 0 Å². The number of carbonyl (C=O) groups is 1. The maximum absolute atomic E-state index is 12.5. The monoisotopic (exact) mass is 325 g/mol. The minimum Gasteiger partial charge on any atom is -0.349 e. The van der Waals surface area contributed by atoms with Gasteiger partial charge >= 0.3 is 0 Å². The molecule has 1 aromatic rings. The summed E-state index contributed by atoms with van der Waals surface area (Å²) in [5, 5.41) is 10.8. The fourth-order valence-electron chi connectivity index (χ4n) is 4.90. The molecule has 5 rings (SSSR count). The Morgan fingerprint density at radius 1 is 1.05 bits per heavy atom. The van der Waals surface area contributed by atoms with Gasteiger partial charge in [-0.05, 0) is 61.8 Å². The van der Waals surface area contributed by atoms with Crippen molar-refractivity contribution in [3.8, 4) is 0 Å². The molecule has 0 saturated heterocycles. The highest BCUT2D eigenvalue weighted by Crippen LogP contribution is 2.53. The number of aromatic nitrogens is 2. The molecule has 4 nitrogen and oxygen atoms in total. The van der Waals surface area contributed by atoms with Crippen LogP contribution in [-0.4, -0.2) is 22.1 Å². The van der Waals surface area contributed by atoms with E-state index in [0.717, 1.165) is 11.8 Å². The molecule has 1 N–H and O–H groups in total. The molecule has 4 bridgehead atoms. The highest BCUT2D eigenvalue weighted by molar-refractivity contribution is 6.34. The van der Waals surface area contributed by atoms with Crippen molar-refractivity contribution < 1.29 is 4.79 Å². The summed E-state index contributed by atoms with van der Waals surface area (Å²) in [6.07, 6.45) is 6.47. The molecule has 1 amide bonds. The van der Waals surface area contributed by atoms with Crippen molar-refractivity contribution in [1.82, 2.24) is 15.5 Å². The van der Waals surface area contributed by atoms with Crippen LogP contribution >= 0.6 is 23.2 Å². The molecular weight excluding hydrogens is 309 g/mol. The average molecular weight is 326 g/mol. The van der Waals surface area contributed by atoms with Crippen molar-refractivity contribution in [3.63, 3.8) is 0 Å². The second-order valence-electron chi connectivity index (χ2n) is 6.80. The van der Waals surface area contributed by atoms with E-state index in [4.69, 9.17) is 23.2 Å². The Morgan fingerprint density at radius 3 is 2.29 bits per heavy atom. The predicted octanol–water partition coefficient (Wildman–Crippen LogP) is 3.34. The highest BCUT2D eigenvalue weighted by atomic mass is 35.5. The van der Waals surface area contributed by atoms with E-state index in [9.17, 15) is 4.79 Å². The van der Waals surface area contributed by atoms with E-state index in [0.29, 0.717) is 17.4 Å². The molecule has 4 aliphatic rings. The van der Waals surface area contributed by atoms with Gasteiger partial charge in [0.2, 0.25) is 0 Å². The van der Waals surface area contributed by atoms with Crippen LogP contribution in [0.3, 0.4) is 0 Å². The zero-order chi connectivity index (χ0) is 14.6. The summed E-state index contributed by atoms with van der Waals surface area (Å²) < 4.78 is 0. The van der Waals surface area contributed by atoms with Crippen molar-refractivity contribution in [2.75, 3.05) is 0 Å². The minimum atomic E-state index is -0.172. The fourth-order valence-corrected chi connectivity index (χ4v) is 5.23. The largest absolute Gasteiger partial charge is 0.349 e. The summed E-state index contributed by atoms with van der Waals surface area (Å²) in [4.78, 5) is 12.5. The molecule has 1 heterocycles. The summed E-state index contributed by atoms with van der Waals surface area (Å²) in [7, 11) is 0. The minimum absolute atomic E-state index is 0.112. The van der Waals surface area contributed by atoms with Gasteiger partial charge in [0.15, 0.2) is 10.3 Å². The third-order valence-corrected chi connectivity index (χ3v) is 5.95. The first-order valence-electron chi connectivity index (χ1n) is 7.59. The second kappa shape index (κ2) is 5.10. The number of halogens is 2. The van der Waals surface area contributed by atoms with E-state index >= 15 is 0 Å². The predicted molar refractivity (Wildman–Crippen MR) is 80.4 cm³/mol. The van der Waals surface area contributed by atoms with E-state index in [2.05, 4.69) is 15.5 Å². The van der Waals surface area contributed by atoms with Crippen molar-refractivity contribution in [2.45, 2.75) is 38.1 Å². The van der Waals surface area contributed by atoms with Crippen LogP contribution in [0.25, 0.3) is 0 Å². The third kappa shape index (κ3) is 2.42. The molecular formula is C15H17Cl2N3O. The molecule has 4 aliphatic carbocycles. The van der Waals surface area contributed by atoms with E-state index in [-0.39, 0.29) is 22.3 Å². The van der Waals surface area contributed by atoms with Crippen LogP contribution in [0, 0.1) is 23.7 Å².